The molecule has 3 nitrogen and oxygen atoms in total. The smallest absolute Gasteiger partial charge is 0.134 e. The summed E-state index contributed by atoms with van der Waals surface area (Å²) in [7, 11) is 1.63. The maximum atomic E-state index is 14.4. The van der Waals surface area contributed by atoms with E-state index in [1.807, 2.05) is 0 Å². The van der Waals surface area contributed by atoms with Crippen molar-refractivity contribution in [3.8, 4) is 11.3 Å². The second kappa shape index (κ2) is 6.75. The van der Waals surface area contributed by atoms with Gasteiger partial charge in [-0.25, -0.2) is 8.78 Å². The van der Waals surface area contributed by atoms with Gasteiger partial charge < -0.3 is 5.11 Å². The molecule has 0 aliphatic heterocycles. The Balaban J connectivity index is 2.24. The van der Waals surface area contributed by atoms with E-state index in [1.165, 1.54) is 28.9 Å². The van der Waals surface area contributed by atoms with Crippen molar-refractivity contribution in [2.24, 2.45) is 7.05 Å². The number of aliphatic hydroxyl groups excluding tert-OH is 1. The summed E-state index contributed by atoms with van der Waals surface area (Å²) in [6.07, 6.45) is -1.22. The Kier molecular flexibility index (Phi) is 4.82. The second-order valence-electron chi connectivity index (χ2n) is 5.64. The molecule has 7 heteroatoms. The van der Waals surface area contributed by atoms with Crippen LogP contribution >= 0.6 is 23.2 Å². The van der Waals surface area contributed by atoms with E-state index in [1.54, 1.807) is 20.0 Å². The third-order valence-corrected chi connectivity index (χ3v) is 4.64. The van der Waals surface area contributed by atoms with Crippen molar-refractivity contribution >= 4 is 23.2 Å². The molecule has 0 saturated heterocycles. The van der Waals surface area contributed by atoms with Crippen LogP contribution in [0.25, 0.3) is 11.3 Å². The third kappa shape index (κ3) is 3.15. The van der Waals surface area contributed by atoms with Gasteiger partial charge in [0.1, 0.15) is 17.7 Å². The van der Waals surface area contributed by atoms with Gasteiger partial charge >= 0.3 is 0 Å². The van der Waals surface area contributed by atoms with Crippen molar-refractivity contribution < 1.29 is 13.9 Å². The zero-order valence-electron chi connectivity index (χ0n) is 13.4. The zero-order valence-corrected chi connectivity index (χ0v) is 14.9. The molecule has 0 amide bonds. The highest BCUT2D eigenvalue weighted by Gasteiger charge is 2.27. The minimum atomic E-state index is -1.22. The lowest BCUT2D eigenvalue weighted by Crippen LogP contribution is -2.05. The molecule has 1 atom stereocenters. The highest BCUT2D eigenvalue weighted by molar-refractivity contribution is 6.33. The van der Waals surface area contributed by atoms with E-state index >= 15 is 0 Å². The van der Waals surface area contributed by atoms with Gasteiger partial charge in [-0.05, 0) is 31.2 Å². The van der Waals surface area contributed by atoms with E-state index in [4.69, 9.17) is 23.2 Å². The standard InChI is InChI=1S/C18H14Cl2F2N2O/c1-9-15(18(25)11-7-6-10(21)8-13(11)20)17(24(2)23-9)16-12(19)4-3-5-14(16)22/h3-8,18,25H,1-2H3/t18-/m1/s1. The van der Waals surface area contributed by atoms with Crippen molar-refractivity contribution in [1.29, 1.82) is 0 Å². The number of rotatable bonds is 3. The number of aryl methyl sites for hydroxylation is 2. The topological polar surface area (TPSA) is 38.0 Å². The Bertz CT molecular complexity index is 936. The third-order valence-electron chi connectivity index (χ3n) is 4.00. The first kappa shape index (κ1) is 17.9. The molecule has 0 bridgehead atoms. The van der Waals surface area contributed by atoms with Gasteiger partial charge in [0.2, 0.25) is 0 Å². The molecule has 25 heavy (non-hydrogen) atoms. The molecule has 0 spiro atoms. The van der Waals surface area contributed by atoms with E-state index in [0.717, 1.165) is 6.07 Å². The van der Waals surface area contributed by atoms with Gasteiger partial charge in [-0.15, -0.1) is 0 Å². The van der Waals surface area contributed by atoms with Crippen LogP contribution in [0.1, 0.15) is 22.9 Å². The average Bonchev–Trinajstić information content (AvgIpc) is 2.81. The summed E-state index contributed by atoms with van der Waals surface area (Å²) in [5.41, 5.74) is 1.63. The molecular formula is C18H14Cl2F2N2O. The number of hydrogen-bond acceptors (Lipinski definition) is 2. The van der Waals surface area contributed by atoms with Gasteiger partial charge in [0.15, 0.2) is 0 Å². The number of nitrogens with zero attached hydrogens (tertiary/aromatic N) is 2. The molecule has 1 aromatic heterocycles. The number of benzene rings is 2. The molecule has 0 radical (unpaired) electrons. The fourth-order valence-electron chi connectivity index (χ4n) is 2.90. The summed E-state index contributed by atoms with van der Waals surface area (Å²) in [5.74, 6) is -1.05. The van der Waals surface area contributed by atoms with E-state index in [9.17, 15) is 13.9 Å². The molecule has 0 aliphatic carbocycles. The molecule has 2 aromatic carbocycles. The van der Waals surface area contributed by atoms with Gasteiger partial charge in [-0.2, -0.15) is 5.10 Å². The molecule has 0 fully saturated rings. The Hall–Kier alpha value is -1.95. The normalized spacial score (nSPS) is 12.4. The van der Waals surface area contributed by atoms with Crippen LogP contribution in [0.2, 0.25) is 10.0 Å². The second-order valence-corrected chi connectivity index (χ2v) is 6.45. The van der Waals surface area contributed by atoms with Gasteiger partial charge in [0, 0.05) is 23.2 Å². The van der Waals surface area contributed by atoms with Crippen LogP contribution in [0.5, 0.6) is 0 Å². The highest BCUT2D eigenvalue weighted by Crippen LogP contribution is 2.40. The first-order valence-electron chi connectivity index (χ1n) is 7.42. The molecule has 1 N–H and O–H groups in total. The van der Waals surface area contributed by atoms with Crippen LogP contribution in [-0.4, -0.2) is 14.9 Å². The minimum Gasteiger partial charge on any atom is -0.383 e. The quantitative estimate of drug-likeness (QED) is 0.687. The predicted molar refractivity (Wildman–Crippen MR) is 93.8 cm³/mol. The van der Waals surface area contributed by atoms with E-state index < -0.39 is 17.7 Å². The summed E-state index contributed by atoms with van der Waals surface area (Å²) in [6, 6.07) is 8.04. The largest absolute Gasteiger partial charge is 0.383 e. The van der Waals surface area contributed by atoms with Crippen LogP contribution in [0, 0.1) is 18.6 Å². The number of aliphatic hydroxyl groups is 1. The maximum absolute atomic E-state index is 14.4. The fourth-order valence-corrected chi connectivity index (χ4v) is 3.42. The van der Waals surface area contributed by atoms with E-state index in [0.29, 0.717) is 22.5 Å². The summed E-state index contributed by atoms with van der Waals surface area (Å²) in [6.45, 7) is 1.69. The summed E-state index contributed by atoms with van der Waals surface area (Å²) in [5, 5.41) is 15.4. The van der Waals surface area contributed by atoms with Gasteiger partial charge in [0.25, 0.3) is 0 Å². The molecule has 3 rings (SSSR count). The molecular weight excluding hydrogens is 369 g/mol. The average molecular weight is 383 g/mol. The van der Waals surface area contributed by atoms with Crippen molar-refractivity contribution in [1.82, 2.24) is 9.78 Å². The Morgan fingerprint density at radius 3 is 2.48 bits per heavy atom. The number of halogens is 4. The molecule has 130 valence electrons. The van der Waals surface area contributed by atoms with Crippen LogP contribution in [-0.2, 0) is 7.05 Å². The Morgan fingerprint density at radius 2 is 1.84 bits per heavy atom. The monoisotopic (exact) mass is 382 g/mol. The summed E-state index contributed by atoms with van der Waals surface area (Å²) in [4.78, 5) is 0. The van der Waals surface area contributed by atoms with Crippen molar-refractivity contribution in [3.63, 3.8) is 0 Å². The van der Waals surface area contributed by atoms with Crippen LogP contribution < -0.4 is 0 Å². The summed E-state index contributed by atoms with van der Waals surface area (Å²) >= 11 is 12.2. The lowest BCUT2D eigenvalue weighted by Gasteiger charge is -2.16. The van der Waals surface area contributed by atoms with Crippen LogP contribution in [0.4, 0.5) is 8.78 Å². The lowest BCUT2D eigenvalue weighted by molar-refractivity contribution is 0.220. The molecule has 1 heterocycles. The lowest BCUT2D eigenvalue weighted by atomic mass is 9.96. The number of aromatic nitrogens is 2. The fraction of sp³-hybridized carbons (Fsp3) is 0.167. The highest BCUT2D eigenvalue weighted by atomic mass is 35.5. The van der Waals surface area contributed by atoms with Gasteiger partial charge in [-0.1, -0.05) is 35.3 Å². The SMILES string of the molecule is Cc1nn(C)c(-c2c(F)cccc2Cl)c1[C@H](O)c1ccc(F)cc1Cl. The van der Waals surface area contributed by atoms with Crippen LogP contribution in [0.3, 0.4) is 0 Å². The van der Waals surface area contributed by atoms with Crippen molar-refractivity contribution in [2.45, 2.75) is 13.0 Å². The van der Waals surface area contributed by atoms with Gasteiger partial charge in [0.05, 0.1) is 22.0 Å². The molecule has 0 aliphatic rings. The Labute approximate surface area is 153 Å². The Morgan fingerprint density at radius 1 is 1.12 bits per heavy atom. The first-order valence-corrected chi connectivity index (χ1v) is 8.17. The van der Waals surface area contributed by atoms with Crippen LogP contribution in [0.15, 0.2) is 36.4 Å². The molecule has 3 aromatic rings. The molecule has 0 saturated carbocycles. The summed E-state index contributed by atoms with van der Waals surface area (Å²) < 4.78 is 29.2. The van der Waals surface area contributed by atoms with Gasteiger partial charge in [-0.3, -0.25) is 4.68 Å². The van der Waals surface area contributed by atoms with Crippen molar-refractivity contribution in [3.05, 3.63) is 74.9 Å². The van der Waals surface area contributed by atoms with E-state index in [2.05, 4.69) is 5.10 Å². The zero-order chi connectivity index (χ0) is 18.3. The van der Waals surface area contributed by atoms with E-state index in [-0.39, 0.29) is 15.6 Å². The minimum absolute atomic E-state index is 0.0707. The van der Waals surface area contributed by atoms with Crippen molar-refractivity contribution in [2.75, 3.05) is 0 Å². The molecule has 0 unspecified atom stereocenters. The first-order chi connectivity index (χ1) is 11.8. The maximum Gasteiger partial charge on any atom is 0.134 e. The number of hydrogen-bond donors (Lipinski definition) is 1. The predicted octanol–water partition coefficient (Wildman–Crippen LogP) is 5.06.